The molecule has 1 amide bonds. The third-order valence-corrected chi connectivity index (χ3v) is 4.81. The number of carbonyl (C=O) groups excluding carboxylic acids is 1. The van der Waals surface area contributed by atoms with Gasteiger partial charge in [0.25, 0.3) is 5.91 Å². The van der Waals surface area contributed by atoms with E-state index in [4.69, 9.17) is 9.47 Å². The summed E-state index contributed by atoms with van der Waals surface area (Å²) in [6.45, 7) is 10.5. The first-order valence-corrected chi connectivity index (χ1v) is 9.97. The zero-order valence-electron chi connectivity index (χ0n) is 16.6. The summed E-state index contributed by atoms with van der Waals surface area (Å²) >= 11 is 3.52. The second kappa shape index (κ2) is 9.27. The number of benzene rings is 2. The fraction of sp³-hybridized carbons (Fsp3) is 0.409. The maximum atomic E-state index is 12.2. The molecule has 0 heterocycles. The summed E-state index contributed by atoms with van der Waals surface area (Å²) in [6.07, 6.45) is 1.06. The Morgan fingerprint density at radius 1 is 1.19 bits per heavy atom. The van der Waals surface area contributed by atoms with Gasteiger partial charge in [0.1, 0.15) is 11.5 Å². The van der Waals surface area contributed by atoms with E-state index in [1.807, 2.05) is 49.4 Å². The fourth-order valence-electron chi connectivity index (χ4n) is 2.39. The summed E-state index contributed by atoms with van der Waals surface area (Å²) in [4.78, 5) is 12.2. The number of rotatable bonds is 7. The smallest absolute Gasteiger partial charge is 0.262 e. The van der Waals surface area contributed by atoms with Gasteiger partial charge in [-0.3, -0.25) is 4.79 Å². The zero-order valence-corrected chi connectivity index (χ0v) is 18.2. The molecule has 1 unspecified atom stereocenters. The van der Waals surface area contributed by atoms with Gasteiger partial charge in [0.15, 0.2) is 6.61 Å². The van der Waals surface area contributed by atoms with Gasteiger partial charge in [-0.2, -0.15) is 0 Å². The number of anilines is 1. The SMILES string of the molecule is CCC(C)Oc1cccc(NC(=O)COc2ccc(C(C)(C)C)cc2Br)c1. The summed E-state index contributed by atoms with van der Waals surface area (Å²) < 4.78 is 12.3. The third kappa shape index (κ3) is 6.58. The predicted molar refractivity (Wildman–Crippen MR) is 114 cm³/mol. The van der Waals surface area contributed by atoms with Crippen LogP contribution in [0.1, 0.15) is 46.6 Å². The topological polar surface area (TPSA) is 47.6 Å². The second-order valence-electron chi connectivity index (χ2n) is 7.60. The lowest BCUT2D eigenvalue weighted by Gasteiger charge is -2.20. The maximum absolute atomic E-state index is 12.2. The van der Waals surface area contributed by atoms with Crippen molar-refractivity contribution in [2.45, 2.75) is 52.6 Å². The Kier molecular flexibility index (Phi) is 7.31. The average Bonchev–Trinajstić information content (AvgIpc) is 2.60. The van der Waals surface area contributed by atoms with Crippen LogP contribution in [0.25, 0.3) is 0 Å². The Bertz CT molecular complexity index is 783. The van der Waals surface area contributed by atoms with Gasteiger partial charge < -0.3 is 14.8 Å². The van der Waals surface area contributed by atoms with Gasteiger partial charge in [0.05, 0.1) is 10.6 Å². The van der Waals surface area contributed by atoms with Crippen molar-refractivity contribution in [2.24, 2.45) is 0 Å². The van der Waals surface area contributed by atoms with E-state index in [0.29, 0.717) is 11.4 Å². The third-order valence-electron chi connectivity index (χ3n) is 4.19. The molecular weight excluding hydrogens is 406 g/mol. The Labute approximate surface area is 170 Å². The van der Waals surface area contributed by atoms with E-state index in [2.05, 4.69) is 48.9 Å². The van der Waals surface area contributed by atoms with Crippen LogP contribution in [0.2, 0.25) is 0 Å². The maximum Gasteiger partial charge on any atom is 0.262 e. The number of amides is 1. The van der Waals surface area contributed by atoms with Crippen molar-refractivity contribution in [3.05, 3.63) is 52.5 Å². The Balaban J connectivity index is 1.94. The van der Waals surface area contributed by atoms with Crippen LogP contribution in [0.4, 0.5) is 5.69 Å². The highest BCUT2D eigenvalue weighted by Gasteiger charge is 2.15. The van der Waals surface area contributed by atoms with Crippen LogP contribution in [0, 0.1) is 0 Å². The molecular formula is C22H28BrNO3. The molecule has 0 saturated carbocycles. The van der Waals surface area contributed by atoms with Gasteiger partial charge in [-0.15, -0.1) is 0 Å². The lowest BCUT2D eigenvalue weighted by atomic mass is 9.87. The van der Waals surface area contributed by atoms with Crippen molar-refractivity contribution < 1.29 is 14.3 Å². The molecule has 4 nitrogen and oxygen atoms in total. The predicted octanol–water partition coefficient (Wildman–Crippen LogP) is 5.94. The van der Waals surface area contributed by atoms with Gasteiger partial charge >= 0.3 is 0 Å². The number of nitrogens with one attached hydrogen (secondary N) is 1. The van der Waals surface area contributed by atoms with E-state index in [1.165, 1.54) is 5.56 Å². The van der Waals surface area contributed by atoms with Crippen LogP contribution in [-0.4, -0.2) is 18.6 Å². The number of halogens is 1. The van der Waals surface area contributed by atoms with Crippen molar-refractivity contribution in [1.82, 2.24) is 0 Å². The highest BCUT2D eigenvalue weighted by Crippen LogP contribution is 2.31. The molecule has 5 heteroatoms. The van der Waals surface area contributed by atoms with Crippen molar-refractivity contribution in [3.8, 4) is 11.5 Å². The van der Waals surface area contributed by atoms with Crippen molar-refractivity contribution in [3.63, 3.8) is 0 Å². The molecule has 2 aromatic rings. The Morgan fingerprint density at radius 2 is 1.93 bits per heavy atom. The van der Waals surface area contributed by atoms with Crippen molar-refractivity contribution in [2.75, 3.05) is 11.9 Å². The molecule has 0 aliphatic carbocycles. The zero-order chi connectivity index (χ0) is 20.0. The van der Waals surface area contributed by atoms with Gasteiger partial charge in [0, 0.05) is 11.8 Å². The Morgan fingerprint density at radius 3 is 2.56 bits per heavy atom. The van der Waals surface area contributed by atoms with E-state index in [0.717, 1.165) is 16.6 Å². The summed E-state index contributed by atoms with van der Waals surface area (Å²) in [7, 11) is 0. The van der Waals surface area contributed by atoms with Crippen molar-refractivity contribution >= 4 is 27.5 Å². The molecule has 0 bridgehead atoms. The van der Waals surface area contributed by atoms with Crippen LogP contribution in [0.15, 0.2) is 46.9 Å². The highest BCUT2D eigenvalue weighted by molar-refractivity contribution is 9.10. The molecule has 1 N–H and O–H groups in total. The molecule has 0 fully saturated rings. The molecule has 0 aromatic heterocycles. The molecule has 0 spiro atoms. The van der Waals surface area contributed by atoms with Crippen LogP contribution in [-0.2, 0) is 10.2 Å². The number of ether oxygens (including phenoxy) is 2. The lowest BCUT2D eigenvalue weighted by Crippen LogP contribution is -2.20. The van der Waals surface area contributed by atoms with E-state index in [1.54, 1.807) is 0 Å². The Hall–Kier alpha value is -2.01. The molecule has 0 aliphatic rings. The largest absolute Gasteiger partial charge is 0.491 e. The normalized spacial score (nSPS) is 12.4. The quantitative estimate of drug-likeness (QED) is 0.587. The van der Waals surface area contributed by atoms with Crippen LogP contribution < -0.4 is 14.8 Å². The molecule has 2 rings (SSSR count). The van der Waals surface area contributed by atoms with E-state index in [9.17, 15) is 4.79 Å². The lowest BCUT2D eigenvalue weighted by molar-refractivity contribution is -0.118. The minimum Gasteiger partial charge on any atom is -0.491 e. The standard InChI is InChI=1S/C22H28BrNO3/c1-6-15(2)27-18-9-7-8-17(13-18)24-21(25)14-26-20-11-10-16(12-19(20)23)22(3,4)5/h7-13,15H,6,14H2,1-5H3,(H,24,25). The molecule has 0 radical (unpaired) electrons. The van der Waals surface area contributed by atoms with Gasteiger partial charge in [0.2, 0.25) is 0 Å². The number of carbonyl (C=O) groups is 1. The number of hydrogen-bond acceptors (Lipinski definition) is 3. The minimum absolute atomic E-state index is 0.0563. The van der Waals surface area contributed by atoms with Crippen LogP contribution >= 0.6 is 15.9 Å². The fourth-order valence-corrected chi connectivity index (χ4v) is 2.88. The van der Waals surface area contributed by atoms with Crippen LogP contribution in [0.5, 0.6) is 11.5 Å². The highest BCUT2D eigenvalue weighted by atomic mass is 79.9. The average molecular weight is 434 g/mol. The monoisotopic (exact) mass is 433 g/mol. The molecule has 27 heavy (non-hydrogen) atoms. The first-order chi connectivity index (χ1) is 12.7. The number of hydrogen-bond donors (Lipinski definition) is 1. The van der Waals surface area contributed by atoms with Gasteiger partial charge in [-0.25, -0.2) is 0 Å². The van der Waals surface area contributed by atoms with E-state index < -0.39 is 0 Å². The van der Waals surface area contributed by atoms with Gasteiger partial charge in [-0.05, 0) is 64.5 Å². The first-order valence-electron chi connectivity index (χ1n) is 9.18. The molecule has 0 saturated heterocycles. The summed E-state index contributed by atoms with van der Waals surface area (Å²) in [5.41, 5.74) is 1.94. The first kappa shape index (κ1) is 21.3. The molecule has 1 atom stereocenters. The molecule has 2 aromatic carbocycles. The summed E-state index contributed by atoms with van der Waals surface area (Å²) in [5, 5.41) is 2.84. The van der Waals surface area contributed by atoms with E-state index in [-0.39, 0.29) is 24.0 Å². The molecule has 146 valence electrons. The second-order valence-corrected chi connectivity index (χ2v) is 8.45. The van der Waals surface area contributed by atoms with E-state index >= 15 is 0 Å². The van der Waals surface area contributed by atoms with Crippen molar-refractivity contribution in [1.29, 1.82) is 0 Å². The minimum atomic E-state index is -0.220. The van der Waals surface area contributed by atoms with Crippen LogP contribution in [0.3, 0.4) is 0 Å². The molecule has 0 aliphatic heterocycles. The summed E-state index contributed by atoms with van der Waals surface area (Å²) in [5.74, 6) is 1.16. The summed E-state index contributed by atoms with van der Waals surface area (Å²) in [6, 6.07) is 13.3. The van der Waals surface area contributed by atoms with Gasteiger partial charge in [-0.1, -0.05) is 39.8 Å².